The topological polar surface area (TPSA) is 105 Å². The molecule has 0 fully saturated rings. The third-order valence-electron chi connectivity index (χ3n) is 3.06. The molecule has 1 aromatic rings. The number of nitrogens with one attached hydrogen (secondary N) is 2. The quantitative estimate of drug-likeness (QED) is 0.562. The zero-order valence-electron chi connectivity index (χ0n) is 11.9. The molecule has 0 saturated carbocycles. The minimum atomic E-state index is -0.513. The van der Waals surface area contributed by atoms with Gasteiger partial charge in [-0.05, 0) is 12.1 Å². The lowest BCUT2D eigenvalue weighted by Crippen LogP contribution is -2.44. The number of ether oxygens (including phenoxy) is 1. The molecule has 2 rings (SSSR count). The highest BCUT2D eigenvalue weighted by Gasteiger charge is 2.34. The van der Waals surface area contributed by atoms with E-state index >= 15 is 0 Å². The van der Waals surface area contributed by atoms with Crippen molar-refractivity contribution in [2.45, 2.75) is 6.42 Å². The number of imide groups is 1. The minimum absolute atomic E-state index is 0.0572. The van der Waals surface area contributed by atoms with E-state index in [1.54, 1.807) is 24.3 Å². The summed E-state index contributed by atoms with van der Waals surface area (Å²) >= 11 is 0. The summed E-state index contributed by atoms with van der Waals surface area (Å²) in [4.78, 5) is 47.8. The van der Waals surface area contributed by atoms with Gasteiger partial charge in [0, 0.05) is 20.1 Å². The Kier molecular flexibility index (Phi) is 4.84. The van der Waals surface area contributed by atoms with Crippen LogP contribution in [0.15, 0.2) is 24.3 Å². The van der Waals surface area contributed by atoms with Gasteiger partial charge in [-0.25, -0.2) is 0 Å². The van der Waals surface area contributed by atoms with Crippen LogP contribution in [0.3, 0.4) is 0 Å². The maximum Gasteiger partial charge on any atom is 0.264 e. The van der Waals surface area contributed by atoms with Gasteiger partial charge in [-0.15, -0.1) is 0 Å². The molecule has 0 aliphatic carbocycles. The van der Waals surface area contributed by atoms with Crippen molar-refractivity contribution < 1.29 is 23.9 Å². The van der Waals surface area contributed by atoms with Gasteiger partial charge in [0.1, 0.15) is 6.61 Å². The van der Waals surface area contributed by atoms with Crippen molar-refractivity contribution in [3.63, 3.8) is 0 Å². The van der Waals surface area contributed by atoms with Crippen LogP contribution in [-0.4, -0.2) is 48.8 Å². The zero-order chi connectivity index (χ0) is 16.1. The van der Waals surface area contributed by atoms with Crippen LogP contribution < -0.4 is 10.9 Å². The van der Waals surface area contributed by atoms with E-state index in [0.29, 0.717) is 11.1 Å². The van der Waals surface area contributed by atoms with E-state index in [4.69, 9.17) is 0 Å². The zero-order valence-corrected chi connectivity index (χ0v) is 11.9. The predicted octanol–water partition coefficient (Wildman–Crippen LogP) is -0.533. The fourth-order valence-electron chi connectivity index (χ4n) is 2.02. The SMILES string of the molecule is COCC(=O)NNC(=O)CCN1C(=O)c2ccccc2C1=O. The number of methoxy groups -OCH3 is 1. The molecule has 0 atom stereocenters. The summed E-state index contributed by atoms with van der Waals surface area (Å²) in [6, 6.07) is 6.48. The fourth-order valence-corrected chi connectivity index (χ4v) is 2.02. The van der Waals surface area contributed by atoms with Crippen molar-refractivity contribution in [1.82, 2.24) is 15.8 Å². The van der Waals surface area contributed by atoms with E-state index in [9.17, 15) is 19.2 Å². The van der Waals surface area contributed by atoms with Crippen LogP contribution in [0.25, 0.3) is 0 Å². The Bertz CT molecular complexity index is 594. The second-order valence-electron chi connectivity index (χ2n) is 4.59. The summed E-state index contributed by atoms with van der Waals surface area (Å²) in [5, 5.41) is 0. The molecular weight excluding hydrogens is 290 g/mol. The van der Waals surface area contributed by atoms with Crippen LogP contribution in [0.4, 0.5) is 0 Å². The number of hydrazine groups is 1. The lowest BCUT2D eigenvalue weighted by atomic mass is 10.1. The van der Waals surface area contributed by atoms with Crippen LogP contribution in [0.2, 0.25) is 0 Å². The van der Waals surface area contributed by atoms with Crippen LogP contribution >= 0.6 is 0 Å². The highest BCUT2D eigenvalue weighted by molar-refractivity contribution is 6.21. The summed E-state index contributed by atoms with van der Waals surface area (Å²) < 4.78 is 4.58. The number of carbonyl (C=O) groups is 4. The average Bonchev–Trinajstić information content (AvgIpc) is 2.76. The molecule has 0 bridgehead atoms. The van der Waals surface area contributed by atoms with E-state index < -0.39 is 23.6 Å². The lowest BCUT2D eigenvalue weighted by Gasteiger charge is -2.13. The first-order valence-corrected chi connectivity index (χ1v) is 6.56. The van der Waals surface area contributed by atoms with Gasteiger partial charge in [-0.2, -0.15) is 0 Å². The summed E-state index contributed by atoms with van der Waals surface area (Å²) in [6.07, 6.45) is -0.112. The lowest BCUT2D eigenvalue weighted by molar-refractivity contribution is -0.131. The van der Waals surface area contributed by atoms with E-state index in [1.165, 1.54) is 7.11 Å². The molecule has 1 aromatic carbocycles. The van der Waals surface area contributed by atoms with Gasteiger partial charge in [0.15, 0.2) is 0 Å². The monoisotopic (exact) mass is 305 g/mol. The van der Waals surface area contributed by atoms with Crippen molar-refractivity contribution in [3.8, 4) is 0 Å². The molecular formula is C14H15N3O5. The van der Waals surface area contributed by atoms with Gasteiger partial charge in [0.05, 0.1) is 11.1 Å². The molecule has 0 saturated heterocycles. The number of carbonyl (C=O) groups excluding carboxylic acids is 4. The molecule has 1 heterocycles. The van der Waals surface area contributed by atoms with Crippen molar-refractivity contribution in [2.24, 2.45) is 0 Å². The number of hydrogen-bond acceptors (Lipinski definition) is 5. The first-order chi connectivity index (χ1) is 10.5. The van der Waals surface area contributed by atoms with E-state index in [-0.39, 0.29) is 19.6 Å². The first kappa shape index (κ1) is 15.6. The molecule has 8 heteroatoms. The van der Waals surface area contributed by atoms with E-state index in [0.717, 1.165) is 4.90 Å². The number of benzene rings is 1. The number of fused-ring (bicyclic) bond motifs is 1. The standard InChI is InChI=1S/C14H15N3O5/c1-22-8-12(19)16-15-11(18)6-7-17-13(20)9-4-2-3-5-10(9)14(17)21/h2-5H,6-8H2,1H3,(H,15,18)(H,16,19). The Morgan fingerprint density at radius 1 is 1.05 bits per heavy atom. The molecule has 116 valence electrons. The van der Waals surface area contributed by atoms with Crippen molar-refractivity contribution in [2.75, 3.05) is 20.3 Å². The second kappa shape index (κ2) is 6.81. The molecule has 1 aliphatic heterocycles. The third-order valence-corrected chi connectivity index (χ3v) is 3.06. The molecule has 22 heavy (non-hydrogen) atoms. The Morgan fingerprint density at radius 3 is 2.14 bits per heavy atom. The predicted molar refractivity (Wildman–Crippen MR) is 74.6 cm³/mol. The van der Waals surface area contributed by atoms with E-state index in [1.807, 2.05) is 0 Å². The smallest absolute Gasteiger partial charge is 0.264 e. The van der Waals surface area contributed by atoms with Crippen molar-refractivity contribution in [1.29, 1.82) is 0 Å². The number of rotatable bonds is 5. The summed E-state index contributed by atoms with van der Waals surface area (Å²) in [5.74, 6) is -1.86. The molecule has 0 aromatic heterocycles. The first-order valence-electron chi connectivity index (χ1n) is 6.56. The maximum absolute atomic E-state index is 12.1. The van der Waals surface area contributed by atoms with Gasteiger partial charge in [0.2, 0.25) is 5.91 Å². The summed E-state index contributed by atoms with van der Waals surface area (Å²) in [6.45, 7) is -0.239. The van der Waals surface area contributed by atoms with Crippen LogP contribution in [-0.2, 0) is 14.3 Å². The normalized spacial score (nSPS) is 13.0. The number of hydrogen-bond donors (Lipinski definition) is 2. The number of nitrogens with zero attached hydrogens (tertiary/aromatic N) is 1. The van der Waals surface area contributed by atoms with Crippen LogP contribution in [0.1, 0.15) is 27.1 Å². The molecule has 0 unspecified atom stereocenters. The van der Waals surface area contributed by atoms with Crippen molar-refractivity contribution in [3.05, 3.63) is 35.4 Å². The van der Waals surface area contributed by atoms with Gasteiger partial charge < -0.3 is 4.74 Å². The Hall–Kier alpha value is -2.74. The van der Waals surface area contributed by atoms with Gasteiger partial charge >= 0.3 is 0 Å². The van der Waals surface area contributed by atoms with E-state index in [2.05, 4.69) is 15.6 Å². The Balaban J connectivity index is 1.86. The molecule has 8 nitrogen and oxygen atoms in total. The molecule has 0 spiro atoms. The summed E-state index contributed by atoms with van der Waals surface area (Å²) in [5.41, 5.74) is 4.99. The fraction of sp³-hybridized carbons (Fsp3) is 0.286. The maximum atomic E-state index is 12.1. The molecule has 2 N–H and O–H groups in total. The Morgan fingerprint density at radius 2 is 1.59 bits per heavy atom. The number of amides is 4. The molecule has 0 radical (unpaired) electrons. The van der Waals surface area contributed by atoms with Crippen molar-refractivity contribution >= 4 is 23.6 Å². The average molecular weight is 305 g/mol. The minimum Gasteiger partial charge on any atom is -0.375 e. The summed E-state index contributed by atoms with van der Waals surface area (Å²) in [7, 11) is 1.35. The highest BCUT2D eigenvalue weighted by Crippen LogP contribution is 2.22. The molecule has 4 amide bonds. The molecule has 1 aliphatic rings. The van der Waals surface area contributed by atoms with Crippen LogP contribution in [0.5, 0.6) is 0 Å². The van der Waals surface area contributed by atoms with Gasteiger partial charge in [0.25, 0.3) is 17.7 Å². The van der Waals surface area contributed by atoms with Gasteiger partial charge in [-0.1, -0.05) is 12.1 Å². The largest absolute Gasteiger partial charge is 0.375 e. The Labute approximate surface area is 126 Å². The highest BCUT2D eigenvalue weighted by atomic mass is 16.5. The third kappa shape index (κ3) is 3.29. The van der Waals surface area contributed by atoms with Crippen LogP contribution in [0, 0.1) is 0 Å². The second-order valence-corrected chi connectivity index (χ2v) is 4.59. The van der Waals surface area contributed by atoms with Gasteiger partial charge in [-0.3, -0.25) is 34.9 Å².